The number of nitrogen functional groups attached to an aromatic ring is 1. The molecule has 17 heavy (non-hydrogen) atoms. The van der Waals surface area contributed by atoms with Gasteiger partial charge in [0.1, 0.15) is 5.82 Å². The topological polar surface area (TPSA) is 83.0 Å². The van der Waals surface area contributed by atoms with Crippen LogP contribution in [0.4, 0.5) is 14.6 Å². The molecule has 1 unspecified atom stereocenters. The van der Waals surface area contributed by atoms with Gasteiger partial charge in [-0.3, -0.25) is 0 Å². The number of rotatable bonds is 3. The number of nitrogens with zero attached hydrogens (tertiary/aromatic N) is 1. The second-order valence-corrected chi connectivity index (χ2v) is 4.36. The molecule has 0 aliphatic heterocycles. The maximum absolute atomic E-state index is 12.7. The van der Waals surface area contributed by atoms with Crippen molar-refractivity contribution in [2.24, 2.45) is 5.92 Å². The summed E-state index contributed by atoms with van der Waals surface area (Å²) in [4.78, 5) is 3.83. The molecule has 0 spiro atoms. The summed E-state index contributed by atoms with van der Waals surface area (Å²) in [6.07, 6.45) is 0.801. The van der Waals surface area contributed by atoms with Crippen molar-refractivity contribution in [2.75, 3.05) is 5.73 Å². The van der Waals surface area contributed by atoms with Crippen molar-refractivity contribution in [2.45, 2.75) is 24.9 Å². The number of anilines is 1. The number of hydrogen-bond donors (Lipinski definition) is 3. The lowest BCUT2D eigenvalue weighted by atomic mass is 9.76. The number of nitrogens with two attached hydrogens (primary N) is 1. The zero-order valence-electron chi connectivity index (χ0n) is 9.03. The van der Waals surface area contributed by atoms with Crippen LogP contribution in [-0.4, -0.2) is 22.2 Å². The van der Waals surface area contributed by atoms with E-state index >= 15 is 0 Å². The Balaban J connectivity index is 2.15. The van der Waals surface area contributed by atoms with Gasteiger partial charge in [0.25, 0.3) is 0 Å². The Bertz CT molecular complexity index is 442. The van der Waals surface area contributed by atoms with E-state index in [4.69, 9.17) is 11.1 Å². The zero-order chi connectivity index (χ0) is 12.6. The van der Waals surface area contributed by atoms with Crippen LogP contribution in [0.2, 0.25) is 0 Å². The van der Waals surface area contributed by atoms with Crippen LogP contribution in [0.5, 0.6) is 0 Å². The second-order valence-electron chi connectivity index (χ2n) is 4.36. The average Bonchev–Trinajstić information content (AvgIpc) is 2.25. The van der Waals surface area contributed by atoms with Crippen molar-refractivity contribution < 1.29 is 13.9 Å². The van der Waals surface area contributed by atoms with Gasteiger partial charge >= 0.3 is 0 Å². The lowest BCUT2D eigenvalue weighted by Gasteiger charge is -2.37. The molecular formula is C11H13F2N3O. The minimum absolute atomic E-state index is 0.190. The number of halogens is 2. The smallest absolute Gasteiger partial charge is 0.248 e. The number of aromatic nitrogens is 1. The quantitative estimate of drug-likeness (QED) is 0.705. The number of hydrogen-bond acceptors (Lipinski definition) is 4. The molecule has 0 radical (unpaired) electrons. The van der Waals surface area contributed by atoms with E-state index in [2.05, 4.69) is 4.98 Å². The molecule has 92 valence electrons. The fourth-order valence-corrected chi connectivity index (χ4v) is 1.99. The van der Waals surface area contributed by atoms with Gasteiger partial charge in [-0.25, -0.2) is 13.8 Å². The highest BCUT2D eigenvalue weighted by Gasteiger charge is 2.48. The summed E-state index contributed by atoms with van der Waals surface area (Å²) in [6, 6.07) is 1.51. The van der Waals surface area contributed by atoms with Crippen molar-refractivity contribution in [3.63, 3.8) is 0 Å². The predicted molar refractivity (Wildman–Crippen MR) is 59.2 cm³/mol. The third-order valence-electron chi connectivity index (χ3n) is 3.04. The molecule has 1 fully saturated rings. The van der Waals surface area contributed by atoms with Crippen LogP contribution in [0.1, 0.15) is 30.1 Å². The van der Waals surface area contributed by atoms with E-state index in [-0.39, 0.29) is 18.7 Å². The molecule has 1 aromatic rings. The molecule has 2 rings (SSSR count). The van der Waals surface area contributed by atoms with E-state index in [9.17, 15) is 13.9 Å². The molecule has 4 N–H and O–H groups in total. The minimum Gasteiger partial charge on any atom is -0.388 e. The van der Waals surface area contributed by atoms with Gasteiger partial charge in [-0.1, -0.05) is 0 Å². The Labute approximate surface area is 97.0 Å². The molecule has 4 nitrogen and oxygen atoms in total. The molecule has 0 saturated heterocycles. The molecule has 1 heterocycles. The van der Waals surface area contributed by atoms with Crippen LogP contribution in [0, 0.1) is 11.3 Å². The predicted octanol–water partition coefficient (Wildman–Crippen LogP) is 1.74. The monoisotopic (exact) mass is 241 g/mol. The summed E-state index contributed by atoms with van der Waals surface area (Å²) in [5, 5.41) is 17.0. The van der Waals surface area contributed by atoms with Crippen molar-refractivity contribution in [3.8, 4) is 0 Å². The first-order valence-corrected chi connectivity index (χ1v) is 5.25. The molecule has 1 aliphatic rings. The Morgan fingerprint density at radius 3 is 2.76 bits per heavy atom. The van der Waals surface area contributed by atoms with Crippen LogP contribution in [-0.2, 0) is 0 Å². The molecule has 0 amide bonds. The van der Waals surface area contributed by atoms with Gasteiger partial charge in [0.05, 0.1) is 6.10 Å². The maximum Gasteiger partial charge on any atom is 0.248 e. The first-order valence-electron chi connectivity index (χ1n) is 5.25. The Kier molecular flexibility index (Phi) is 2.82. The summed E-state index contributed by atoms with van der Waals surface area (Å²) in [6.45, 7) is 0. The summed E-state index contributed by atoms with van der Waals surface area (Å²) in [5.41, 5.74) is 6.31. The van der Waals surface area contributed by atoms with Crippen LogP contribution in [0.3, 0.4) is 0 Å². The number of nitrogens with one attached hydrogen (secondary N) is 1. The lowest BCUT2D eigenvalue weighted by molar-refractivity contribution is -0.142. The molecule has 1 atom stereocenters. The van der Waals surface area contributed by atoms with Gasteiger partial charge < -0.3 is 16.2 Å². The molecule has 1 aromatic heterocycles. The Hall–Kier alpha value is -1.56. The number of aliphatic hydroxyl groups excluding tert-OH is 1. The average molecular weight is 241 g/mol. The van der Waals surface area contributed by atoms with Gasteiger partial charge in [0.2, 0.25) is 5.92 Å². The van der Waals surface area contributed by atoms with Gasteiger partial charge in [0, 0.05) is 36.7 Å². The molecule has 1 saturated carbocycles. The van der Waals surface area contributed by atoms with Crippen LogP contribution < -0.4 is 5.73 Å². The van der Waals surface area contributed by atoms with E-state index in [0.29, 0.717) is 11.1 Å². The summed E-state index contributed by atoms with van der Waals surface area (Å²) < 4.78 is 25.4. The summed E-state index contributed by atoms with van der Waals surface area (Å²) in [7, 11) is 0. The third-order valence-corrected chi connectivity index (χ3v) is 3.04. The van der Waals surface area contributed by atoms with E-state index in [1.54, 1.807) is 0 Å². The van der Waals surface area contributed by atoms with Gasteiger partial charge in [0.15, 0.2) is 0 Å². The molecular weight excluding hydrogens is 228 g/mol. The highest BCUT2D eigenvalue weighted by Crippen LogP contribution is 2.48. The van der Waals surface area contributed by atoms with E-state index < -0.39 is 17.9 Å². The Morgan fingerprint density at radius 2 is 2.24 bits per heavy atom. The minimum atomic E-state index is -2.66. The maximum atomic E-state index is 12.7. The second kappa shape index (κ2) is 4.03. The van der Waals surface area contributed by atoms with E-state index in [1.807, 2.05) is 0 Å². The van der Waals surface area contributed by atoms with Gasteiger partial charge in [-0.05, 0) is 11.6 Å². The summed E-state index contributed by atoms with van der Waals surface area (Å²) in [5.74, 6) is -2.92. The van der Waals surface area contributed by atoms with E-state index in [1.165, 1.54) is 12.3 Å². The van der Waals surface area contributed by atoms with Crippen molar-refractivity contribution in [1.82, 2.24) is 4.98 Å². The molecule has 0 aromatic carbocycles. The highest BCUT2D eigenvalue weighted by molar-refractivity contribution is 5.83. The summed E-state index contributed by atoms with van der Waals surface area (Å²) >= 11 is 0. The number of aliphatic hydroxyl groups is 1. The fourth-order valence-electron chi connectivity index (χ4n) is 1.99. The van der Waals surface area contributed by atoms with Crippen molar-refractivity contribution in [1.29, 1.82) is 5.41 Å². The standard InChI is InChI=1S/C11H13F2N3O/c12-11(13)2-8(3-11)9(17)7-1-6(4-14)10(15)16-5-7/h1,4-5,8-9,14,17H,2-3H2,(H2,15,16). The van der Waals surface area contributed by atoms with Gasteiger partial charge in [-0.15, -0.1) is 0 Å². The molecule has 1 aliphatic carbocycles. The van der Waals surface area contributed by atoms with Crippen LogP contribution >= 0.6 is 0 Å². The van der Waals surface area contributed by atoms with Crippen molar-refractivity contribution in [3.05, 3.63) is 23.4 Å². The van der Waals surface area contributed by atoms with Crippen LogP contribution in [0.25, 0.3) is 0 Å². The largest absolute Gasteiger partial charge is 0.388 e. The first-order chi connectivity index (χ1) is 7.93. The normalized spacial score (nSPS) is 20.6. The highest BCUT2D eigenvalue weighted by atomic mass is 19.3. The zero-order valence-corrected chi connectivity index (χ0v) is 9.03. The van der Waals surface area contributed by atoms with Gasteiger partial charge in [-0.2, -0.15) is 0 Å². The molecule has 6 heteroatoms. The SMILES string of the molecule is N=Cc1cc(C(O)C2CC(F)(F)C2)cnc1N. The third kappa shape index (κ3) is 2.26. The van der Waals surface area contributed by atoms with Crippen LogP contribution in [0.15, 0.2) is 12.3 Å². The number of pyridine rings is 1. The molecule has 0 bridgehead atoms. The Morgan fingerprint density at radius 1 is 1.59 bits per heavy atom. The first kappa shape index (κ1) is 11.9. The fraction of sp³-hybridized carbons (Fsp3) is 0.455. The lowest BCUT2D eigenvalue weighted by Crippen LogP contribution is -2.38. The van der Waals surface area contributed by atoms with Crippen molar-refractivity contribution >= 4 is 12.0 Å². The van der Waals surface area contributed by atoms with E-state index in [0.717, 1.165) is 6.21 Å². The number of alkyl halides is 2.